The first kappa shape index (κ1) is 20.0. The van der Waals surface area contributed by atoms with Crippen LogP contribution in [0.5, 0.6) is 17.2 Å². The van der Waals surface area contributed by atoms with E-state index >= 15 is 0 Å². The fourth-order valence-corrected chi connectivity index (χ4v) is 3.48. The van der Waals surface area contributed by atoms with E-state index < -0.39 is 0 Å². The molecule has 28 heavy (non-hydrogen) atoms. The van der Waals surface area contributed by atoms with Gasteiger partial charge in [-0.25, -0.2) is 0 Å². The Morgan fingerprint density at radius 3 is 2.43 bits per heavy atom. The van der Waals surface area contributed by atoms with Crippen molar-refractivity contribution in [3.63, 3.8) is 0 Å². The summed E-state index contributed by atoms with van der Waals surface area (Å²) in [5.41, 5.74) is 0.901. The summed E-state index contributed by atoms with van der Waals surface area (Å²) in [5, 5.41) is 3.04. The van der Waals surface area contributed by atoms with Crippen LogP contribution in [0.2, 0.25) is 0 Å². The Labute approximate surface area is 165 Å². The summed E-state index contributed by atoms with van der Waals surface area (Å²) in [4.78, 5) is 12.3. The van der Waals surface area contributed by atoms with Crippen molar-refractivity contribution in [1.29, 1.82) is 0 Å². The number of nitrogens with one attached hydrogen (secondary N) is 1. The zero-order chi connectivity index (χ0) is 19.8. The molecular weight excluding hydrogens is 358 g/mol. The summed E-state index contributed by atoms with van der Waals surface area (Å²) in [7, 11) is 3.25. The van der Waals surface area contributed by atoms with Crippen molar-refractivity contribution in [2.45, 2.75) is 18.3 Å². The third-order valence-electron chi connectivity index (χ3n) is 5.18. The number of methoxy groups -OCH3 is 2. The molecule has 1 N–H and O–H groups in total. The summed E-state index contributed by atoms with van der Waals surface area (Å²) < 4.78 is 21.9. The van der Waals surface area contributed by atoms with E-state index in [9.17, 15) is 4.79 Å². The number of benzene rings is 2. The Kier molecular flexibility index (Phi) is 6.76. The van der Waals surface area contributed by atoms with Crippen LogP contribution in [-0.2, 0) is 14.9 Å². The molecule has 0 bridgehead atoms. The maximum atomic E-state index is 12.3. The van der Waals surface area contributed by atoms with Crippen molar-refractivity contribution < 1.29 is 23.7 Å². The summed E-state index contributed by atoms with van der Waals surface area (Å²) in [6.45, 7) is 1.82. The van der Waals surface area contributed by atoms with Crippen molar-refractivity contribution >= 4 is 5.91 Å². The van der Waals surface area contributed by atoms with E-state index in [0.29, 0.717) is 37.0 Å². The highest BCUT2D eigenvalue weighted by atomic mass is 16.5. The lowest BCUT2D eigenvalue weighted by Gasteiger charge is -2.38. The van der Waals surface area contributed by atoms with E-state index in [1.54, 1.807) is 14.2 Å². The molecule has 1 fully saturated rings. The van der Waals surface area contributed by atoms with Gasteiger partial charge in [0.25, 0.3) is 5.91 Å². The molecule has 0 spiro atoms. The highest BCUT2D eigenvalue weighted by Crippen LogP contribution is 2.38. The van der Waals surface area contributed by atoms with Gasteiger partial charge in [0.1, 0.15) is 5.75 Å². The number of amides is 1. The van der Waals surface area contributed by atoms with Gasteiger partial charge < -0.3 is 24.3 Å². The first-order chi connectivity index (χ1) is 13.7. The molecule has 0 saturated carbocycles. The number of rotatable bonds is 8. The normalized spacial score (nSPS) is 15.5. The molecule has 1 amide bonds. The zero-order valence-electron chi connectivity index (χ0n) is 16.4. The molecule has 0 radical (unpaired) electrons. The second-order valence-corrected chi connectivity index (χ2v) is 6.84. The predicted molar refractivity (Wildman–Crippen MR) is 106 cm³/mol. The Morgan fingerprint density at radius 2 is 1.75 bits per heavy atom. The van der Waals surface area contributed by atoms with Crippen LogP contribution in [0.1, 0.15) is 18.4 Å². The van der Waals surface area contributed by atoms with Crippen LogP contribution < -0.4 is 19.5 Å². The predicted octanol–water partition coefficient (Wildman–Crippen LogP) is 2.95. The summed E-state index contributed by atoms with van der Waals surface area (Å²) in [6.07, 6.45) is 1.64. The van der Waals surface area contributed by atoms with Gasteiger partial charge in [-0.1, -0.05) is 24.3 Å². The fraction of sp³-hybridized carbons (Fsp3) is 0.409. The number of hydrogen-bond donors (Lipinski definition) is 1. The standard InChI is InChI=1S/C22H27NO5/c1-25-19-9-8-17(14-20(19)26-2)22(10-12-27-13-11-22)16-23-21(24)15-28-18-6-4-3-5-7-18/h3-9,14H,10-13,15-16H2,1-2H3,(H,23,24). The topological polar surface area (TPSA) is 66.0 Å². The smallest absolute Gasteiger partial charge is 0.257 e. The Bertz CT molecular complexity index is 772. The van der Waals surface area contributed by atoms with E-state index in [-0.39, 0.29) is 17.9 Å². The van der Waals surface area contributed by atoms with Gasteiger partial charge in [-0.15, -0.1) is 0 Å². The lowest BCUT2D eigenvalue weighted by Crippen LogP contribution is -2.45. The van der Waals surface area contributed by atoms with E-state index in [1.807, 2.05) is 48.5 Å². The number of carbonyl (C=O) groups excluding carboxylic acids is 1. The van der Waals surface area contributed by atoms with Crippen molar-refractivity contribution in [2.24, 2.45) is 0 Å². The largest absolute Gasteiger partial charge is 0.493 e. The Hall–Kier alpha value is -2.73. The van der Waals surface area contributed by atoms with E-state index in [2.05, 4.69) is 5.32 Å². The number of ether oxygens (including phenoxy) is 4. The van der Waals surface area contributed by atoms with Crippen molar-refractivity contribution in [3.8, 4) is 17.2 Å². The van der Waals surface area contributed by atoms with Gasteiger partial charge in [0.15, 0.2) is 18.1 Å². The lowest BCUT2D eigenvalue weighted by atomic mass is 9.74. The molecule has 150 valence electrons. The third kappa shape index (κ3) is 4.75. The van der Waals surface area contributed by atoms with Crippen LogP contribution in [0.15, 0.2) is 48.5 Å². The van der Waals surface area contributed by atoms with E-state index in [0.717, 1.165) is 18.4 Å². The SMILES string of the molecule is COc1ccc(C2(CNC(=O)COc3ccccc3)CCOCC2)cc1OC. The molecule has 1 heterocycles. The second kappa shape index (κ2) is 9.46. The minimum Gasteiger partial charge on any atom is -0.493 e. The van der Waals surface area contributed by atoms with Crippen molar-refractivity contribution in [3.05, 3.63) is 54.1 Å². The molecule has 2 aromatic rings. The molecular formula is C22H27NO5. The van der Waals surface area contributed by atoms with Crippen molar-refractivity contribution in [2.75, 3.05) is 40.6 Å². The van der Waals surface area contributed by atoms with Gasteiger partial charge in [-0.2, -0.15) is 0 Å². The fourth-order valence-electron chi connectivity index (χ4n) is 3.48. The summed E-state index contributed by atoms with van der Waals surface area (Å²) >= 11 is 0. The monoisotopic (exact) mass is 385 g/mol. The zero-order valence-corrected chi connectivity index (χ0v) is 16.4. The molecule has 3 rings (SSSR count). The first-order valence-corrected chi connectivity index (χ1v) is 9.42. The minimum atomic E-state index is -0.208. The van der Waals surface area contributed by atoms with Crippen molar-refractivity contribution in [1.82, 2.24) is 5.32 Å². The average molecular weight is 385 g/mol. The number of carbonyl (C=O) groups is 1. The van der Waals surface area contributed by atoms with Gasteiger partial charge in [0, 0.05) is 25.2 Å². The quantitative estimate of drug-likeness (QED) is 0.757. The lowest BCUT2D eigenvalue weighted by molar-refractivity contribution is -0.123. The highest BCUT2D eigenvalue weighted by molar-refractivity contribution is 5.77. The Morgan fingerprint density at radius 1 is 1.04 bits per heavy atom. The van der Waals surface area contributed by atoms with Crippen LogP contribution in [0.3, 0.4) is 0 Å². The maximum Gasteiger partial charge on any atom is 0.257 e. The molecule has 1 aliphatic rings. The Balaban J connectivity index is 1.68. The molecule has 6 heteroatoms. The van der Waals surface area contributed by atoms with Crippen LogP contribution in [0, 0.1) is 0 Å². The van der Waals surface area contributed by atoms with Gasteiger partial charge >= 0.3 is 0 Å². The summed E-state index contributed by atoms with van der Waals surface area (Å²) in [6, 6.07) is 15.3. The van der Waals surface area contributed by atoms with Crippen LogP contribution in [0.4, 0.5) is 0 Å². The van der Waals surface area contributed by atoms with Gasteiger partial charge in [0.2, 0.25) is 0 Å². The van der Waals surface area contributed by atoms with Crippen LogP contribution in [-0.4, -0.2) is 46.5 Å². The van der Waals surface area contributed by atoms with Gasteiger partial charge in [-0.3, -0.25) is 4.79 Å². The van der Waals surface area contributed by atoms with Crippen LogP contribution >= 0.6 is 0 Å². The molecule has 0 atom stereocenters. The average Bonchev–Trinajstić information content (AvgIpc) is 2.77. The van der Waals surface area contributed by atoms with Gasteiger partial charge in [-0.05, 0) is 42.7 Å². The molecule has 0 unspecified atom stereocenters. The van der Waals surface area contributed by atoms with E-state index in [4.69, 9.17) is 18.9 Å². The molecule has 1 saturated heterocycles. The molecule has 2 aromatic carbocycles. The molecule has 1 aliphatic heterocycles. The number of para-hydroxylation sites is 1. The second-order valence-electron chi connectivity index (χ2n) is 6.84. The molecule has 6 nitrogen and oxygen atoms in total. The van der Waals surface area contributed by atoms with E-state index in [1.165, 1.54) is 0 Å². The number of hydrogen-bond acceptors (Lipinski definition) is 5. The van der Waals surface area contributed by atoms with Crippen LogP contribution in [0.25, 0.3) is 0 Å². The molecule has 0 aliphatic carbocycles. The molecule has 0 aromatic heterocycles. The minimum absolute atomic E-state index is 0.0114. The third-order valence-corrected chi connectivity index (χ3v) is 5.18. The van der Waals surface area contributed by atoms with Gasteiger partial charge in [0.05, 0.1) is 14.2 Å². The maximum absolute atomic E-state index is 12.3. The summed E-state index contributed by atoms with van der Waals surface area (Å²) in [5.74, 6) is 1.91. The first-order valence-electron chi connectivity index (χ1n) is 9.42. The highest BCUT2D eigenvalue weighted by Gasteiger charge is 2.35.